The number of nitrogens with one attached hydrogen (secondary N) is 1. The van der Waals surface area contributed by atoms with Crippen LogP contribution in [0.5, 0.6) is 0 Å². The van der Waals surface area contributed by atoms with Gasteiger partial charge in [0.1, 0.15) is 5.82 Å². The predicted molar refractivity (Wildman–Crippen MR) is 68.9 cm³/mol. The van der Waals surface area contributed by atoms with E-state index in [1.54, 1.807) is 6.92 Å². The monoisotopic (exact) mass is 305 g/mol. The van der Waals surface area contributed by atoms with Crippen molar-refractivity contribution >= 4 is 11.7 Å². The molecule has 2 N–H and O–H groups in total. The second-order valence-corrected chi connectivity index (χ2v) is 4.91. The maximum absolute atomic E-state index is 13.4. The van der Waals surface area contributed by atoms with E-state index in [1.807, 2.05) is 0 Å². The van der Waals surface area contributed by atoms with Crippen LogP contribution in [0.1, 0.15) is 37.3 Å². The summed E-state index contributed by atoms with van der Waals surface area (Å²) in [7, 11) is 0. The van der Waals surface area contributed by atoms with Gasteiger partial charge in [0.25, 0.3) is 0 Å². The topological polar surface area (TPSA) is 61.1 Å². The van der Waals surface area contributed by atoms with Crippen molar-refractivity contribution in [1.82, 2.24) is 0 Å². The molecular formula is C14H15F4NO2. The fourth-order valence-electron chi connectivity index (χ4n) is 1.87. The number of hydrogen-bond acceptors (Lipinski definition) is 2. The van der Waals surface area contributed by atoms with Gasteiger partial charge < -0.3 is 10.5 Å². The maximum atomic E-state index is 13.4. The van der Waals surface area contributed by atoms with Crippen LogP contribution in [0.2, 0.25) is 0 Å². The summed E-state index contributed by atoms with van der Waals surface area (Å²) in [6.07, 6.45) is -4.28. The molecule has 1 rings (SSSR count). The molecule has 1 atom stereocenters. The van der Waals surface area contributed by atoms with Crippen molar-refractivity contribution in [2.24, 2.45) is 5.92 Å². The highest BCUT2D eigenvalue weighted by Gasteiger charge is 2.34. The molecule has 1 unspecified atom stereocenters. The van der Waals surface area contributed by atoms with Gasteiger partial charge in [-0.05, 0) is 36.5 Å². The average molecular weight is 305 g/mol. The molecule has 0 saturated heterocycles. The number of hydrogen-bond donors (Lipinski definition) is 2. The first-order valence-electron chi connectivity index (χ1n) is 6.27. The molecule has 1 aromatic carbocycles. The van der Waals surface area contributed by atoms with Crippen molar-refractivity contribution in [1.29, 1.82) is 5.41 Å². The normalized spacial score (nSPS) is 13.0. The van der Waals surface area contributed by atoms with Crippen LogP contribution in [-0.2, 0) is 11.0 Å². The molecule has 0 saturated carbocycles. The molecule has 0 aliphatic carbocycles. The van der Waals surface area contributed by atoms with Gasteiger partial charge in [-0.3, -0.25) is 4.79 Å². The number of carbonyl (C=O) groups is 1. The smallest absolute Gasteiger partial charge is 0.419 e. The number of benzene rings is 1. The van der Waals surface area contributed by atoms with Crippen LogP contribution < -0.4 is 0 Å². The molecule has 0 heterocycles. The quantitative estimate of drug-likeness (QED) is 0.614. The first kappa shape index (κ1) is 17.1. The molecular weight excluding hydrogens is 290 g/mol. The van der Waals surface area contributed by atoms with Crippen LogP contribution in [0.25, 0.3) is 0 Å². The van der Waals surface area contributed by atoms with E-state index >= 15 is 0 Å². The van der Waals surface area contributed by atoms with Crippen LogP contribution in [0, 0.1) is 17.1 Å². The Balaban J connectivity index is 2.76. The van der Waals surface area contributed by atoms with Crippen molar-refractivity contribution in [2.45, 2.75) is 32.4 Å². The third-order valence-electron chi connectivity index (χ3n) is 3.03. The number of alkyl halides is 3. The van der Waals surface area contributed by atoms with E-state index in [9.17, 15) is 22.4 Å². The Morgan fingerprint density at radius 3 is 2.48 bits per heavy atom. The van der Waals surface area contributed by atoms with Crippen molar-refractivity contribution in [3.05, 3.63) is 35.1 Å². The third-order valence-corrected chi connectivity index (χ3v) is 3.03. The first-order valence-corrected chi connectivity index (χ1v) is 6.27. The van der Waals surface area contributed by atoms with Crippen molar-refractivity contribution in [3.63, 3.8) is 0 Å². The highest BCUT2D eigenvalue weighted by Crippen LogP contribution is 2.31. The van der Waals surface area contributed by atoms with E-state index in [0.717, 1.165) is 6.07 Å². The second-order valence-electron chi connectivity index (χ2n) is 4.91. The van der Waals surface area contributed by atoms with Gasteiger partial charge in [-0.1, -0.05) is 13.0 Å². The summed E-state index contributed by atoms with van der Waals surface area (Å²) in [5.74, 6) is -2.49. The van der Waals surface area contributed by atoms with Crippen LogP contribution in [0.15, 0.2) is 18.2 Å². The summed E-state index contributed by atoms with van der Waals surface area (Å²) in [4.78, 5) is 10.4. The second kappa shape index (κ2) is 6.69. The Morgan fingerprint density at radius 1 is 1.38 bits per heavy atom. The first-order chi connectivity index (χ1) is 9.61. The highest BCUT2D eigenvalue weighted by atomic mass is 19.4. The summed E-state index contributed by atoms with van der Waals surface area (Å²) in [5, 5.41) is 16.3. The van der Waals surface area contributed by atoms with E-state index in [2.05, 4.69) is 0 Å². The van der Waals surface area contributed by atoms with Gasteiger partial charge in [-0.2, -0.15) is 13.2 Å². The van der Waals surface area contributed by atoms with E-state index in [4.69, 9.17) is 10.5 Å². The predicted octanol–water partition coefficient (Wildman–Crippen LogP) is 4.10. The molecule has 0 aromatic heterocycles. The summed E-state index contributed by atoms with van der Waals surface area (Å²) in [6, 6.07) is 2.36. The minimum atomic E-state index is -4.76. The molecule has 21 heavy (non-hydrogen) atoms. The minimum absolute atomic E-state index is 0.0134. The molecule has 7 heteroatoms. The third kappa shape index (κ3) is 5.17. The lowest BCUT2D eigenvalue weighted by Crippen LogP contribution is -2.11. The van der Waals surface area contributed by atoms with Crippen LogP contribution in [-0.4, -0.2) is 16.8 Å². The van der Waals surface area contributed by atoms with E-state index in [-0.39, 0.29) is 30.0 Å². The van der Waals surface area contributed by atoms with Crippen molar-refractivity contribution < 1.29 is 27.5 Å². The number of aliphatic carboxylic acids is 1. The van der Waals surface area contributed by atoms with Crippen molar-refractivity contribution in [3.8, 4) is 0 Å². The summed E-state index contributed by atoms with van der Waals surface area (Å²) in [5.41, 5.74) is -1.30. The SMILES string of the molecule is CC(CCC(=O)O)CC(=N)c1ccc(C(F)(F)F)c(F)c1. The number of carboxylic acid groups (broad SMARTS) is 1. The largest absolute Gasteiger partial charge is 0.481 e. The zero-order chi connectivity index (χ0) is 16.2. The fourth-order valence-corrected chi connectivity index (χ4v) is 1.87. The van der Waals surface area contributed by atoms with E-state index in [0.29, 0.717) is 18.6 Å². The molecule has 1 aromatic rings. The Kier molecular flexibility index (Phi) is 5.46. The lowest BCUT2D eigenvalue weighted by atomic mass is 9.94. The molecule has 0 aliphatic rings. The van der Waals surface area contributed by atoms with E-state index in [1.165, 1.54) is 0 Å². The Labute approximate surface area is 119 Å². The minimum Gasteiger partial charge on any atom is -0.481 e. The maximum Gasteiger partial charge on any atom is 0.419 e. The molecule has 0 amide bonds. The van der Waals surface area contributed by atoms with Gasteiger partial charge >= 0.3 is 12.1 Å². The summed E-state index contributed by atoms with van der Waals surface area (Å²) < 4.78 is 50.7. The average Bonchev–Trinajstić information content (AvgIpc) is 2.34. The standard InChI is InChI=1S/C14H15F4NO2/c1-8(2-5-13(20)21)6-12(19)9-3-4-10(11(15)7-9)14(16,17)18/h3-4,7-8,19H,2,5-6H2,1H3,(H,20,21). The molecule has 0 fully saturated rings. The van der Waals surface area contributed by atoms with Gasteiger partial charge in [0.05, 0.1) is 5.56 Å². The lowest BCUT2D eigenvalue weighted by Gasteiger charge is -2.13. The Bertz CT molecular complexity index is 540. The molecule has 0 aliphatic heterocycles. The van der Waals surface area contributed by atoms with Gasteiger partial charge in [-0.15, -0.1) is 0 Å². The summed E-state index contributed by atoms with van der Waals surface area (Å²) in [6.45, 7) is 1.73. The molecule has 0 bridgehead atoms. The zero-order valence-corrected chi connectivity index (χ0v) is 11.3. The summed E-state index contributed by atoms with van der Waals surface area (Å²) >= 11 is 0. The van der Waals surface area contributed by atoms with E-state index < -0.39 is 23.5 Å². The zero-order valence-electron chi connectivity index (χ0n) is 11.3. The number of rotatable bonds is 6. The van der Waals surface area contributed by atoms with Gasteiger partial charge in [0.15, 0.2) is 0 Å². The molecule has 116 valence electrons. The molecule has 0 spiro atoms. The van der Waals surface area contributed by atoms with Gasteiger partial charge in [-0.25, -0.2) is 4.39 Å². The lowest BCUT2D eigenvalue weighted by molar-refractivity contribution is -0.140. The van der Waals surface area contributed by atoms with Crippen LogP contribution in [0.4, 0.5) is 17.6 Å². The van der Waals surface area contributed by atoms with Crippen molar-refractivity contribution in [2.75, 3.05) is 0 Å². The van der Waals surface area contributed by atoms with Gasteiger partial charge in [0.2, 0.25) is 0 Å². The molecule has 0 radical (unpaired) electrons. The fraction of sp³-hybridized carbons (Fsp3) is 0.429. The Morgan fingerprint density at radius 2 is 2.00 bits per heavy atom. The Hall–Kier alpha value is -1.92. The highest BCUT2D eigenvalue weighted by molar-refractivity contribution is 5.98. The molecule has 3 nitrogen and oxygen atoms in total. The number of halogens is 4. The number of carboxylic acids is 1. The van der Waals surface area contributed by atoms with Crippen LogP contribution >= 0.6 is 0 Å². The van der Waals surface area contributed by atoms with Crippen LogP contribution in [0.3, 0.4) is 0 Å². The van der Waals surface area contributed by atoms with Gasteiger partial charge in [0, 0.05) is 12.1 Å².